The number of H-pyrrole nitrogens is 1. The van der Waals surface area contributed by atoms with E-state index in [1.807, 2.05) is 0 Å². The summed E-state index contributed by atoms with van der Waals surface area (Å²) in [5.74, 6) is -0.921. The summed E-state index contributed by atoms with van der Waals surface area (Å²) in [6, 6.07) is 1.08. The van der Waals surface area contributed by atoms with Gasteiger partial charge >= 0.3 is 5.69 Å². The van der Waals surface area contributed by atoms with Gasteiger partial charge in [-0.1, -0.05) is 0 Å². The average molecular weight is 379 g/mol. The van der Waals surface area contributed by atoms with Crippen molar-refractivity contribution in [3.05, 3.63) is 32.7 Å². The number of rotatable bonds is 4. The molecule has 0 amide bonds. The Bertz CT molecular complexity index is 997. The summed E-state index contributed by atoms with van der Waals surface area (Å²) in [4.78, 5) is 28.6. The third kappa shape index (κ3) is 2.90. The summed E-state index contributed by atoms with van der Waals surface area (Å²) >= 11 is 0. The number of halogens is 1. The molecule has 2 atom stereocenters. The number of benzene rings is 1. The molecule has 1 aromatic heterocycles. The van der Waals surface area contributed by atoms with Gasteiger partial charge in [0.25, 0.3) is 5.56 Å². The van der Waals surface area contributed by atoms with Crippen LogP contribution in [0.3, 0.4) is 0 Å². The number of hydrogen-bond acceptors (Lipinski definition) is 6. The van der Waals surface area contributed by atoms with Gasteiger partial charge in [0.1, 0.15) is 11.2 Å². The minimum atomic E-state index is -0.659. The number of aliphatic hydroxyl groups excluding tert-OH is 2. The van der Waals surface area contributed by atoms with Crippen LogP contribution in [-0.4, -0.2) is 52.7 Å². The predicted molar refractivity (Wildman–Crippen MR) is 97.0 cm³/mol. The first-order valence-corrected chi connectivity index (χ1v) is 9.05. The van der Waals surface area contributed by atoms with Crippen molar-refractivity contribution in [3.63, 3.8) is 0 Å². The van der Waals surface area contributed by atoms with Gasteiger partial charge in [-0.3, -0.25) is 14.3 Å². The van der Waals surface area contributed by atoms with Crippen LogP contribution in [0.5, 0.6) is 5.75 Å². The molecule has 1 aliphatic carbocycles. The highest BCUT2D eigenvalue weighted by Gasteiger charge is 2.34. The zero-order chi connectivity index (χ0) is 19.3. The van der Waals surface area contributed by atoms with Crippen LogP contribution in [0.1, 0.15) is 25.3 Å². The molecule has 27 heavy (non-hydrogen) atoms. The number of anilines is 1. The lowest BCUT2D eigenvalue weighted by Gasteiger charge is -2.37. The quantitative estimate of drug-likeness (QED) is 0.708. The van der Waals surface area contributed by atoms with Crippen molar-refractivity contribution in [2.45, 2.75) is 31.4 Å². The summed E-state index contributed by atoms with van der Waals surface area (Å²) in [5, 5.41) is 19.6. The normalized spacial score (nSPS) is 23.0. The number of hydrogen-bond donors (Lipinski definition) is 3. The molecule has 146 valence electrons. The average Bonchev–Trinajstić information content (AvgIpc) is 3.47. The summed E-state index contributed by atoms with van der Waals surface area (Å²) in [6.07, 6.45) is 1.32. The van der Waals surface area contributed by atoms with Gasteiger partial charge in [-0.15, -0.1) is 0 Å². The highest BCUT2D eigenvalue weighted by Crippen LogP contribution is 2.43. The molecule has 3 N–H and O–H groups in total. The molecular weight excluding hydrogens is 357 g/mol. The first-order chi connectivity index (χ1) is 13.0. The molecule has 1 aromatic carbocycles. The second-order valence-electron chi connectivity index (χ2n) is 7.24. The molecule has 8 nitrogen and oxygen atoms in total. The van der Waals surface area contributed by atoms with Gasteiger partial charge in [-0.2, -0.15) is 0 Å². The van der Waals surface area contributed by atoms with Gasteiger partial charge in [0.15, 0.2) is 11.6 Å². The summed E-state index contributed by atoms with van der Waals surface area (Å²) < 4.78 is 22.0. The molecule has 1 saturated carbocycles. The van der Waals surface area contributed by atoms with Gasteiger partial charge in [-0.25, -0.2) is 9.18 Å². The van der Waals surface area contributed by atoms with Crippen LogP contribution in [0.4, 0.5) is 10.1 Å². The van der Waals surface area contributed by atoms with E-state index in [0.717, 1.165) is 18.9 Å². The molecule has 2 fully saturated rings. The van der Waals surface area contributed by atoms with Crippen LogP contribution in [0.2, 0.25) is 0 Å². The third-order valence-electron chi connectivity index (χ3n) is 5.47. The Morgan fingerprint density at radius 2 is 2.07 bits per heavy atom. The zero-order valence-corrected chi connectivity index (χ0v) is 14.9. The molecule has 1 aliphatic heterocycles. The molecule has 2 unspecified atom stereocenters. The molecule has 4 rings (SSSR count). The van der Waals surface area contributed by atoms with Crippen LogP contribution in [0.25, 0.3) is 10.9 Å². The number of nitrogens with one attached hydrogen (secondary N) is 1. The number of aliphatic hydroxyl groups is 2. The lowest BCUT2D eigenvalue weighted by Crippen LogP contribution is -2.45. The van der Waals surface area contributed by atoms with E-state index in [9.17, 15) is 19.8 Å². The van der Waals surface area contributed by atoms with Crippen molar-refractivity contribution in [2.24, 2.45) is 5.92 Å². The SMILES string of the molecule is COc1c(N2CCC(O)C(CO)C2)c(F)cc2c(=O)[nH]c(=O)n(C3CC3)c12. The van der Waals surface area contributed by atoms with Crippen molar-refractivity contribution in [3.8, 4) is 5.75 Å². The fraction of sp³-hybridized carbons (Fsp3) is 0.556. The molecule has 9 heteroatoms. The summed E-state index contributed by atoms with van der Waals surface area (Å²) in [5.41, 5.74) is -0.752. The Morgan fingerprint density at radius 3 is 2.70 bits per heavy atom. The Balaban J connectivity index is 1.96. The largest absolute Gasteiger partial charge is 0.492 e. The minimum Gasteiger partial charge on any atom is -0.492 e. The van der Waals surface area contributed by atoms with E-state index in [-0.39, 0.29) is 41.5 Å². The molecule has 2 heterocycles. The van der Waals surface area contributed by atoms with E-state index < -0.39 is 29.1 Å². The number of piperidine rings is 1. The molecule has 2 aromatic rings. The highest BCUT2D eigenvalue weighted by atomic mass is 19.1. The Morgan fingerprint density at radius 1 is 1.33 bits per heavy atom. The molecule has 0 spiro atoms. The Hall–Kier alpha value is -2.39. The summed E-state index contributed by atoms with van der Waals surface area (Å²) in [7, 11) is 1.38. The maximum absolute atomic E-state index is 15.0. The van der Waals surface area contributed by atoms with E-state index >= 15 is 4.39 Å². The first kappa shape index (κ1) is 18.0. The van der Waals surface area contributed by atoms with Gasteiger partial charge in [-0.05, 0) is 25.3 Å². The monoisotopic (exact) mass is 379 g/mol. The zero-order valence-electron chi connectivity index (χ0n) is 14.9. The van der Waals surface area contributed by atoms with Crippen molar-refractivity contribution in [2.75, 3.05) is 31.7 Å². The van der Waals surface area contributed by atoms with E-state index in [1.54, 1.807) is 4.90 Å². The minimum absolute atomic E-state index is 0.0440. The van der Waals surface area contributed by atoms with Crippen molar-refractivity contribution < 1.29 is 19.3 Å². The van der Waals surface area contributed by atoms with Crippen molar-refractivity contribution in [1.82, 2.24) is 9.55 Å². The maximum atomic E-state index is 15.0. The van der Waals surface area contributed by atoms with Gasteiger partial charge in [0.2, 0.25) is 0 Å². The highest BCUT2D eigenvalue weighted by molar-refractivity contribution is 5.91. The third-order valence-corrected chi connectivity index (χ3v) is 5.47. The number of fused-ring (bicyclic) bond motifs is 1. The smallest absolute Gasteiger partial charge is 0.329 e. The number of ether oxygens (including phenoxy) is 1. The van der Waals surface area contributed by atoms with Gasteiger partial charge in [0, 0.05) is 25.0 Å². The Kier molecular flexibility index (Phi) is 4.43. The number of methoxy groups -OCH3 is 1. The molecule has 1 saturated heterocycles. The van der Waals surface area contributed by atoms with Crippen LogP contribution in [0.15, 0.2) is 15.7 Å². The van der Waals surface area contributed by atoms with E-state index in [0.29, 0.717) is 13.0 Å². The topological polar surface area (TPSA) is 108 Å². The van der Waals surface area contributed by atoms with E-state index in [1.165, 1.54) is 11.7 Å². The molecule has 0 bridgehead atoms. The lowest BCUT2D eigenvalue weighted by molar-refractivity contribution is 0.0523. The van der Waals surface area contributed by atoms with E-state index in [4.69, 9.17) is 4.74 Å². The summed E-state index contributed by atoms with van der Waals surface area (Å²) in [6.45, 7) is 0.391. The number of aromatic nitrogens is 2. The fourth-order valence-electron chi connectivity index (χ4n) is 3.92. The standard InChI is InChI=1S/C18H22FN3O5/c1-27-16-14-11(17(25)20-18(26)22(14)10-2-3-10)6-12(19)15(16)21-5-4-13(24)9(7-21)8-23/h6,9-10,13,23-24H,2-5,7-8H2,1H3,(H,20,25,26). The Labute approximate surface area is 153 Å². The second-order valence-corrected chi connectivity index (χ2v) is 7.24. The van der Waals surface area contributed by atoms with Crippen molar-refractivity contribution >= 4 is 16.6 Å². The van der Waals surface area contributed by atoms with Crippen LogP contribution < -0.4 is 20.9 Å². The van der Waals surface area contributed by atoms with Gasteiger partial charge < -0.3 is 19.8 Å². The predicted octanol–water partition coefficient (Wildman–Crippen LogP) is 0.352. The maximum Gasteiger partial charge on any atom is 0.329 e. The fourth-order valence-corrected chi connectivity index (χ4v) is 3.92. The van der Waals surface area contributed by atoms with E-state index in [2.05, 4.69) is 4.98 Å². The van der Waals surface area contributed by atoms with Crippen LogP contribution >= 0.6 is 0 Å². The molecular formula is C18H22FN3O5. The van der Waals surface area contributed by atoms with Crippen LogP contribution in [0, 0.1) is 11.7 Å². The van der Waals surface area contributed by atoms with Gasteiger partial charge in [0.05, 0.1) is 25.2 Å². The lowest BCUT2D eigenvalue weighted by atomic mass is 9.95. The second kappa shape index (κ2) is 6.65. The van der Waals surface area contributed by atoms with Crippen molar-refractivity contribution in [1.29, 1.82) is 0 Å². The molecule has 2 aliphatic rings. The first-order valence-electron chi connectivity index (χ1n) is 9.05. The number of aromatic amines is 1. The molecule has 0 radical (unpaired) electrons. The number of nitrogens with zero attached hydrogens (tertiary/aromatic N) is 2. The van der Waals surface area contributed by atoms with Crippen LogP contribution in [-0.2, 0) is 0 Å².